The summed E-state index contributed by atoms with van der Waals surface area (Å²) in [7, 11) is -3.21. The minimum absolute atomic E-state index is 0.0927. The summed E-state index contributed by atoms with van der Waals surface area (Å²) in [6, 6.07) is 6.77. The zero-order valence-corrected chi connectivity index (χ0v) is 19.8. The molecule has 0 spiro atoms. The van der Waals surface area contributed by atoms with Crippen LogP contribution in [0.2, 0.25) is 0 Å². The zero-order chi connectivity index (χ0) is 22.7. The number of nitrogens with zero attached hydrogens (tertiary/aromatic N) is 4. The molecule has 0 aliphatic carbocycles. The maximum atomic E-state index is 11.6. The second-order valence-electron chi connectivity index (χ2n) is 8.01. The first-order chi connectivity index (χ1) is 15.3. The number of aryl methyl sites for hydroxylation is 1. The van der Waals surface area contributed by atoms with E-state index in [4.69, 9.17) is 16.3 Å². The molecule has 2 aliphatic heterocycles. The molecular formula is C23H27ClN4O3S. The summed E-state index contributed by atoms with van der Waals surface area (Å²) in [4.78, 5) is 13.4. The van der Waals surface area contributed by atoms with Crippen LogP contribution in [0.4, 0.5) is 11.6 Å². The first-order valence-corrected chi connectivity index (χ1v) is 13.0. The first-order valence-electron chi connectivity index (χ1n) is 10.7. The average Bonchev–Trinajstić information content (AvgIpc) is 2.80. The number of benzene rings is 1. The number of rotatable bonds is 6. The molecule has 4 rings (SSSR count). The molecule has 32 heavy (non-hydrogen) atoms. The van der Waals surface area contributed by atoms with Gasteiger partial charge in [-0.2, -0.15) is 0 Å². The number of aromatic nitrogens is 2. The van der Waals surface area contributed by atoms with Gasteiger partial charge in [0.15, 0.2) is 9.84 Å². The van der Waals surface area contributed by atoms with Crippen molar-refractivity contribution in [3.8, 4) is 0 Å². The molecule has 2 aromatic rings. The number of ether oxygens (including phenoxy) is 1. The number of hydrogen-bond donors (Lipinski definition) is 0. The van der Waals surface area contributed by atoms with E-state index in [0.717, 1.165) is 49.6 Å². The zero-order valence-electron chi connectivity index (χ0n) is 18.2. The van der Waals surface area contributed by atoms with Crippen LogP contribution in [0.1, 0.15) is 25.3 Å². The summed E-state index contributed by atoms with van der Waals surface area (Å²) in [6.45, 7) is 4.36. The Bertz CT molecular complexity index is 1110. The van der Waals surface area contributed by atoms with Gasteiger partial charge in [-0.3, -0.25) is 0 Å². The van der Waals surface area contributed by atoms with Gasteiger partial charge in [-0.25, -0.2) is 18.4 Å². The topological polar surface area (TPSA) is 75.6 Å². The predicted molar refractivity (Wildman–Crippen MR) is 127 cm³/mol. The number of anilines is 2. The summed E-state index contributed by atoms with van der Waals surface area (Å²) in [5.74, 6) is 1.46. The molecule has 1 aromatic carbocycles. The Morgan fingerprint density at radius 2 is 1.78 bits per heavy atom. The molecular weight excluding hydrogens is 448 g/mol. The Kier molecular flexibility index (Phi) is 6.71. The lowest BCUT2D eigenvalue weighted by molar-refractivity contribution is 0.0996. The lowest BCUT2D eigenvalue weighted by atomic mass is 10.1. The van der Waals surface area contributed by atoms with Crippen molar-refractivity contribution in [1.29, 1.82) is 0 Å². The highest BCUT2D eigenvalue weighted by Crippen LogP contribution is 2.29. The van der Waals surface area contributed by atoms with E-state index in [0.29, 0.717) is 22.2 Å². The van der Waals surface area contributed by atoms with E-state index in [9.17, 15) is 8.42 Å². The van der Waals surface area contributed by atoms with Gasteiger partial charge in [-0.1, -0.05) is 18.5 Å². The van der Waals surface area contributed by atoms with E-state index >= 15 is 0 Å². The van der Waals surface area contributed by atoms with E-state index in [-0.39, 0.29) is 6.10 Å². The SMILES string of the molecule is CCc1cnc(N2CCC(OC3=CCN(c4ccc(S(C)(=O)=O)cc4)C=C3Cl)CC2)nc1. The van der Waals surface area contributed by atoms with E-state index in [1.807, 2.05) is 29.6 Å². The largest absolute Gasteiger partial charge is 0.489 e. The lowest BCUT2D eigenvalue weighted by Gasteiger charge is -2.33. The van der Waals surface area contributed by atoms with Gasteiger partial charge in [0.2, 0.25) is 5.95 Å². The molecule has 7 nitrogen and oxygen atoms in total. The first kappa shape index (κ1) is 22.6. The van der Waals surface area contributed by atoms with Crippen molar-refractivity contribution in [1.82, 2.24) is 9.97 Å². The van der Waals surface area contributed by atoms with Gasteiger partial charge in [0.25, 0.3) is 0 Å². The molecule has 9 heteroatoms. The van der Waals surface area contributed by atoms with Crippen molar-refractivity contribution < 1.29 is 13.2 Å². The van der Waals surface area contributed by atoms with Crippen molar-refractivity contribution in [2.45, 2.75) is 37.2 Å². The predicted octanol–water partition coefficient (Wildman–Crippen LogP) is 3.91. The average molecular weight is 475 g/mol. The summed E-state index contributed by atoms with van der Waals surface area (Å²) in [5, 5.41) is 0.532. The van der Waals surface area contributed by atoms with Crippen LogP contribution in [-0.2, 0) is 21.0 Å². The van der Waals surface area contributed by atoms with E-state index < -0.39 is 9.84 Å². The van der Waals surface area contributed by atoms with Crippen molar-refractivity contribution in [3.05, 3.63) is 65.3 Å². The molecule has 0 radical (unpaired) electrons. The monoisotopic (exact) mass is 474 g/mol. The molecule has 0 N–H and O–H groups in total. The fourth-order valence-electron chi connectivity index (χ4n) is 3.75. The molecule has 1 saturated heterocycles. The fourth-order valence-corrected chi connectivity index (χ4v) is 4.62. The number of hydrogen-bond acceptors (Lipinski definition) is 7. The normalized spacial score (nSPS) is 17.7. The van der Waals surface area contributed by atoms with E-state index in [1.54, 1.807) is 24.3 Å². The molecule has 0 bridgehead atoms. The maximum Gasteiger partial charge on any atom is 0.225 e. The molecule has 170 valence electrons. The molecule has 3 heterocycles. The molecule has 1 aromatic heterocycles. The van der Waals surface area contributed by atoms with Crippen LogP contribution >= 0.6 is 11.6 Å². The second-order valence-corrected chi connectivity index (χ2v) is 10.4. The third-order valence-corrected chi connectivity index (χ3v) is 7.11. The van der Waals surface area contributed by atoms with Gasteiger partial charge in [0, 0.05) is 63.0 Å². The summed E-state index contributed by atoms with van der Waals surface area (Å²) in [5.41, 5.74) is 2.01. The van der Waals surface area contributed by atoms with Crippen LogP contribution in [0, 0.1) is 0 Å². The van der Waals surface area contributed by atoms with Gasteiger partial charge in [-0.15, -0.1) is 0 Å². The number of sulfone groups is 1. The van der Waals surface area contributed by atoms with Crippen LogP contribution in [0.3, 0.4) is 0 Å². The van der Waals surface area contributed by atoms with E-state index in [1.165, 1.54) is 6.26 Å². The molecule has 0 atom stereocenters. The highest BCUT2D eigenvalue weighted by Gasteiger charge is 2.24. The van der Waals surface area contributed by atoms with Gasteiger partial charge < -0.3 is 14.5 Å². The Morgan fingerprint density at radius 1 is 1.12 bits per heavy atom. The third kappa shape index (κ3) is 5.24. The molecule has 0 unspecified atom stereocenters. The Morgan fingerprint density at radius 3 is 2.34 bits per heavy atom. The van der Waals surface area contributed by atoms with E-state index in [2.05, 4.69) is 21.8 Å². The van der Waals surface area contributed by atoms with Crippen LogP contribution in [-0.4, -0.2) is 50.4 Å². The molecule has 0 saturated carbocycles. The van der Waals surface area contributed by atoms with Gasteiger partial charge >= 0.3 is 0 Å². The minimum Gasteiger partial charge on any atom is -0.489 e. The van der Waals surface area contributed by atoms with Crippen LogP contribution in [0.15, 0.2) is 64.6 Å². The van der Waals surface area contributed by atoms with Gasteiger partial charge in [0.05, 0.1) is 9.93 Å². The lowest BCUT2D eigenvalue weighted by Crippen LogP contribution is -2.38. The third-order valence-electron chi connectivity index (χ3n) is 5.69. The second kappa shape index (κ2) is 9.50. The van der Waals surface area contributed by atoms with Crippen molar-refractivity contribution >= 4 is 33.1 Å². The highest BCUT2D eigenvalue weighted by atomic mass is 35.5. The Balaban J connectivity index is 1.32. The molecule has 0 amide bonds. The van der Waals surface area contributed by atoms with Crippen molar-refractivity contribution in [2.24, 2.45) is 0 Å². The highest BCUT2D eigenvalue weighted by molar-refractivity contribution is 7.90. The summed E-state index contributed by atoms with van der Waals surface area (Å²) in [6.07, 6.45) is 11.5. The number of halogens is 1. The number of piperidine rings is 1. The Labute approximate surface area is 194 Å². The van der Waals surface area contributed by atoms with Crippen LogP contribution in [0.25, 0.3) is 0 Å². The number of allylic oxidation sites excluding steroid dienone is 1. The Hall–Kier alpha value is -2.58. The molecule has 2 aliphatic rings. The smallest absolute Gasteiger partial charge is 0.225 e. The maximum absolute atomic E-state index is 11.6. The van der Waals surface area contributed by atoms with Crippen LogP contribution in [0.5, 0.6) is 0 Å². The summed E-state index contributed by atoms with van der Waals surface area (Å²) >= 11 is 6.50. The van der Waals surface area contributed by atoms with Gasteiger partial charge in [0.1, 0.15) is 11.9 Å². The van der Waals surface area contributed by atoms with Gasteiger partial charge in [-0.05, 0) is 42.3 Å². The minimum atomic E-state index is -3.21. The van der Waals surface area contributed by atoms with Crippen molar-refractivity contribution in [2.75, 3.05) is 35.7 Å². The summed E-state index contributed by atoms with van der Waals surface area (Å²) < 4.78 is 29.5. The van der Waals surface area contributed by atoms with Crippen LogP contribution < -0.4 is 9.80 Å². The van der Waals surface area contributed by atoms with Crippen molar-refractivity contribution in [3.63, 3.8) is 0 Å². The molecule has 1 fully saturated rings. The fraction of sp³-hybridized carbons (Fsp3) is 0.391. The standard InChI is InChI=1S/C23H27ClN4O3S/c1-3-17-14-25-23(26-15-17)27-11-8-19(9-12-27)31-22-10-13-28(16-21(22)24)18-4-6-20(7-5-18)32(2,29)30/h4-7,10,14-16,19H,3,8-9,11-13H2,1-2H3. The quantitative estimate of drug-likeness (QED) is 0.628.